The van der Waals surface area contributed by atoms with Crippen molar-refractivity contribution in [3.8, 4) is 0 Å². The second kappa shape index (κ2) is 12.5. The van der Waals surface area contributed by atoms with Crippen LogP contribution >= 0.6 is 0 Å². The van der Waals surface area contributed by atoms with E-state index in [1.807, 2.05) is 0 Å². The maximum atomic E-state index is 14.0. The number of piperazine rings is 1. The van der Waals surface area contributed by atoms with E-state index in [4.69, 9.17) is 4.74 Å². The lowest BCUT2D eigenvalue weighted by molar-refractivity contribution is -0.143. The number of rotatable bonds is 5. The maximum absolute atomic E-state index is 14.0. The Hall–Kier alpha value is -3.77. The number of carbonyl (C=O) groups is 2. The Morgan fingerprint density at radius 3 is 2.09 bits per heavy atom. The monoisotopic (exact) mass is 617 g/mol. The zero-order chi connectivity index (χ0) is 32.5. The van der Waals surface area contributed by atoms with E-state index in [2.05, 4.69) is 6.58 Å². The lowest BCUT2D eigenvalue weighted by Crippen LogP contribution is -2.56. The molecule has 2 unspecified atom stereocenters. The average Bonchev–Trinajstić information content (AvgIpc) is 2.88. The molecule has 6 nitrogen and oxygen atoms in total. The van der Waals surface area contributed by atoms with Crippen LogP contribution in [0.3, 0.4) is 0 Å². The quantitative estimate of drug-likeness (QED) is 0.252. The average molecular weight is 618 g/mol. The largest absolute Gasteiger partial charge is 0.444 e. The summed E-state index contributed by atoms with van der Waals surface area (Å²) in [6.45, 7) is 10.2. The smallest absolute Gasteiger partial charge is 0.416 e. The standard InChI is InChI=1S/C30H34F7N3O3/c1-7-8-24(19-14-20(29(32,33)34)16-21(15-19)30(35,36)37)38(6)26(41)40-12-11-39(27(42)43-28(3,4)5)17-25(40)23-10-9-22(31)13-18(23)2/h7,9-10,13-16,24-25H,1,8,11-12,17H2,2-6H3. The Balaban J connectivity index is 2.04. The summed E-state index contributed by atoms with van der Waals surface area (Å²) in [5.41, 5.74) is -3.19. The lowest BCUT2D eigenvalue weighted by atomic mass is 9.96. The minimum atomic E-state index is -5.07. The number of aryl methyl sites for hydroxylation is 1. The number of halogens is 7. The van der Waals surface area contributed by atoms with Crippen molar-refractivity contribution in [3.63, 3.8) is 0 Å². The first kappa shape index (κ1) is 33.7. The van der Waals surface area contributed by atoms with Gasteiger partial charge >= 0.3 is 24.5 Å². The van der Waals surface area contributed by atoms with E-state index in [-0.39, 0.29) is 37.7 Å². The highest BCUT2D eigenvalue weighted by molar-refractivity contribution is 5.76. The van der Waals surface area contributed by atoms with Crippen LogP contribution in [-0.4, -0.2) is 59.1 Å². The number of carbonyl (C=O) groups excluding carboxylic acids is 2. The van der Waals surface area contributed by atoms with Gasteiger partial charge in [0.05, 0.1) is 23.2 Å². The topological polar surface area (TPSA) is 53.1 Å². The molecular weight excluding hydrogens is 583 g/mol. The third-order valence-corrected chi connectivity index (χ3v) is 7.02. The number of nitrogens with zero attached hydrogens (tertiary/aromatic N) is 3. The lowest BCUT2D eigenvalue weighted by Gasteiger charge is -2.44. The Morgan fingerprint density at radius 1 is 1.02 bits per heavy atom. The highest BCUT2D eigenvalue weighted by Gasteiger charge is 2.41. The van der Waals surface area contributed by atoms with Crippen LogP contribution < -0.4 is 0 Å². The van der Waals surface area contributed by atoms with Gasteiger partial charge < -0.3 is 19.4 Å². The van der Waals surface area contributed by atoms with Crippen LogP contribution in [0, 0.1) is 12.7 Å². The molecule has 0 aromatic heterocycles. The number of hydrogen-bond acceptors (Lipinski definition) is 3. The van der Waals surface area contributed by atoms with E-state index in [0.29, 0.717) is 23.3 Å². The highest BCUT2D eigenvalue weighted by atomic mass is 19.4. The molecule has 0 N–H and O–H groups in total. The molecule has 0 aliphatic carbocycles. The minimum absolute atomic E-state index is 0.0273. The van der Waals surface area contributed by atoms with E-state index < -0.39 is 59.1 Å². The molecule has 0 spiro atoms. The fraction of sp³-hybridized carbons (Fsp3) is 0.467. The van der Waals surface area contributed by atoms with Crippen LogP contribution in [0.1, 0.15) is 67.1 Å². The molecule has 2 aromatic carbocycles. The highest BCUT2D eigenvalue weighted by Crippen LogP contribution is 2.40. The summed E-state index contributed by atoms with van der Waals surface area (Å²) in [5, 5.41) is 0. The molecule has 1 saturated heterocycles. The number of urea groups is 1. The van der Waals surface area contributed by atoms with Gasteiger partial charge in [0.25, 0.3) is 0 Å². The summed E-state index contributed by atoms with van der Waals surface area (Å²) in [5.74, 6) is -0.521. The molecule has 1 fully saturated rings. The van der Waals surface area contributed by atoms with Gasteiger partial charge in [-0.3, -0.25) is 0 Å². The fourth-order valence-corrected chi connectivity index (χ4v) is 4.97. The normalized spacial score (nSPS) is 17.0. The van der Waals surface area contributed by atoms with Crippen LogP contribution in [0.2, 0.25) is 0 Å². The minimum Gasteiger partial charge on any atom is -0.444 e. The molecule has 2 aromatic rings. The predicted octanol–water partition coefficient (Wildman–Crippen LogP) is 8.13. The summed E-state index contributed by atoms with van der Waals surface area (Å²) < 4.78 is 101. The number of ether oxygens (including phenoxy) is 1. The third kappa shape index (κ3) is 8.20. The second-order valence-corrected chi connectivity index (χ2v) is 11.4. The van der Waals surface area contributed by atoms with Gasteiger partial charge in [-0.05, 0) is 81.1 Å². The van der Waals surface area contributed by atoms with Crippen molar-refractivity contribution in [1.82, 2.24) is 14.7 Å². The summed E-state index contributed by atoms with van der Waals surface area (Å²) in [6, 6.07) is 2.36. The number of alkyl halides is 6. The van der Waals surface area contributed by atoms with Gasteiger partial charge in [0, 0.05) is 26.7 Å². The molecule has 236 valence electrons. The van der Waals surface area contributed by atoms with Gasteiger partial charge in [-0.1, -0.05) is 12.1 Å². The molecule has 0 bridgehead atoms. The predicted molar refractivity (Wildman–Crippen MR) is 146 cm³/mol. The van der Waals surface area contributed by atoms with Crippen molar-refractivity contribution >= 4 is 12.1 Å². The van der Waals surface area contributed by atoms with Crippen molar-refractivity contribution in [2.75, 3.05) is 26.7 Å². The van der Waals surface area contributed by atoms with Gasteiger partial charge in [0.15, 0.2) is 0 Å². The molecule has 13 heteroatoms. The van der Waals surface area contributed by atoms with Crippen LogP contribution in [0.25, 0.3) is 0 Å². The Labute approximate surface area is 245 Å². The van der Waals surface area contributed by atoms with Gasteiger partial charge in [0.1, 0.15) is 11.4 Å². The van der Waals surface area contributed by atoms with Gasteiger partial charge in [0.2, 0.25) is 0 Å². The van der Waals surface area contributed by atoms with Crippen LogP contribution in [0.4, 0.5) is 40.3 Å². The number of benzene rings is 2. The number of hydrogen-bond donors (Lipinski definition) is 0. The zero-order valence-corrected chi connectivity index (χ0v) is 24.4. The summed E-state index contributed by atoms with van der Waals surface area (Å²) in [7, 11) is 1.28. The molecule has 1 heterocycles. The van der Waals surface area contributed by atoms with Crippen molar-refractivity contribution in [3.05, 3.63) is 82.7 Å². The molecule has 43 heavy (non-hydrogen) atoms. The van der Waals surface area contributed by atoms with E-state index >= 15 is 0 Å². The summed E-state index contributed by atoms with van der Waals surface area (Å²) in [4.78, 5) is 30.7. The fourth-order valence-electron chi connectivity index (χ4n) is 4.97. The molecule has 1 aliphatic heterocycles. The van der Waals surface area contributed by atoms with Gasteiger partial charge in [-0.25, -0.2) is 14.0 Å². The zero-order valence-electron chi connectivity index (χ0n) is 24.4. The second-order valence-electron chi connectivity index (χ2n) is 11.4. The van der Waals surface area contributed by atoms with Crippen LogP contribution in [0.5, 0.6) is 0 Å². The van der Waals surface area contributed by atoms with E-state index in [1.165, 1.54) is 41.1 Å². The Kier molecular flexibility index (Phi) is 9.77. The molecule has 0 radical (unpaired) electrons. The first-order chi connectivity index (χ1) is 19.7. The molecule has 1 aliphatic rings. The van der Waals surface area contributed by atoms with E-state index in [0.717, 1.165) is 4.90 Å². The summed E-state index contributed by atoms with van der Waals surface area (Å²) in [6.07, 6.45) is -9.63. The van der Waals surface area contributed by atoms with E-state index in [1.54, 1.807) is 27.7 Å². The first-order valence-electron chi connectivity index (χ1n) is 13.4. The molecule has 0 saturated carbocycles. The van der Waals surface area contributed by atoms with Crippen molar-refractivity contribution in [2.45, 2.75) is 64.2 Å². The van der Waals surface area contributed by atoms with Gasteiger partial charge in [-0.2, -0.15) is 26.3 Å². The molecule has 3 rings (SSSR count). The maximum Gasteiger partial charge on any atom is 0.416 e. The molecule has 3 amide bonds. The first-order valence-corrected chi connectivity index (χ1v) is 13.4. The Bertz CT molecular complexity index is 1320. The Morgan fingerprint density at radius 2 is 1.60 bits per heavy atom. The number of amides is 3. The SMILES string of the molecule is C=CCC(c1cc(C(F)(F)F)cc(C(F)(F)F)c1)N(C)C(=O)N1CCN(C(=O)OC(C)(C)C)CC1c1ccc(F)cc1C. The van der Waals surface area contributed by atoms with Gasteiger partial charge in [-0.15, -0.1) is 6.58 Å². The van der Waals surface area contributed by atoms with Crippen LogP contribution in [0.15, 0.2) is 49.1 Å². The summed E-state index contributed by atoms with van der Waals surface area (Å²) >= 11 is 0. The third-order valence-electron chi connectivity index (χ3n) is 7.02. The van der Waals surface area contributed by atoms with Crippen molar-refractivity contribution < 1.29 is 45.1 Å². The molecule has 2 atom stereocenters. The van der Waals surface area contributed by atoms with Crippen molar-refractivity contribution in [2.24, 2.45) is 0 Å². The van der Waals surface area contributed by atoms with E-state index in [9.17, 15) is 40.3 Å². The van der Waals surface area contributed by atoms with Crippen molar-refractivity contribution in [1.29, 1.82) is 0 Å². The molecular formula is C30H34F7N3O3. The van der Waals surface area contributed by atoms with Crippen LogP contribution in [-0.2, 0) is 17.1 Å².